The fourth-order valence-electron chi connectivity index (χ4n) is 2.53. The van der Waals surface area contributed by atoms with Crippen molar-refractivity contribution in [3.63, 3.8) is 0 Å². The number of halogens is 2. The molecule has 0 spiro atoms. The van der Waals surface area contributed by atoms with Crippen molar-refractivity contribution in [2.45, 2.75) is 26.3 Å². The van der Waals surface area contributed by atoms with Crippen LogP contribution in [-0.2, 0) is 13.0 Å². The molecule has 0 fully saturated rings. The van der Waals surface area contributed by atoms with Crippen molar-refractivity contribution in [2.24, 2.45) is 0 Å². The zero-order chi connectivity index (χ0) is 20.1. The monoisotopic (exact) mass is 417 g/mol. The molecule has 8 heteroatoms. The van der Waals surface area contributed by atoms with Gasteiger partial charge in [0.05, 0.1) is 10.6 Å². The second-order valence-electron chi connectivity index (χ2n) is 6.13. The lowest BCUT2D eigenvalue weighted by Crippen LogP contribution is -2.24. The highest BCUT2D eigenvalue weighted by atomic mass is 35.5. The Balaban J connectivity index is 1.54. The van der Waals surface area contributed by atoms with E-state index in [1.807, 2.05) is 6.92 Å². The van der Waals surface area contributed by atoms with E-state index in [9.17, 15) is 14.0 Å². The number of carbonyl (C=O) groups is 2. The molecule has 0 radical (unpaired) electrons. The molecule has 0 aliphatic rings. The molecule has 1 amide bonds. The molecule has 1 aromatic carbocycles. The van der Waals surface area contributed by atoms with Gasteiger partial charge in [-0.3, -0.25) is 14.6 Å². The average Bonchev–Trinajstić information content (AvgIpc) is 3.11. The minimum Gasteiger partial charge on any atom is -0.348 e. The maximum atomic E-state index is 13.7. The number of rotatable bonds is 7. The van der Waals surface area contributed by atoms with E-state index in [4.69, 9.17) is 11.6 Å². The van der Waals surface area contributed by atoms with Crippen LogP contribution in [0.4, 0.5) is 4.39 Å². The summed E-state index contributed by atoms with van der Waals surface area (Å²) < 4.78 is 13.7. The molecule has 0 saturated heterocycles. The summed E-state index contributed by atoms with van der Waals surface area (Å²) in [5.41, 5.74) is 0.952. The second kappa shape index (κ2) is 9.03. The van der Waals surface area contributed by atoms with Crippen LogP contribution in [-0.4, -0.2) is 21.7 Å². The molecule has 144 valence electrons. The summed E-state index contributed by atoms with van der Waals surface area (Å²) in [5.74, 6) is -1.26. The van der Waals surface area contributed by atoms with E-state index < -0.39 is 11.7 Å². The van der Waals surface area contributed by atoms with Crippen LogP contribution in [0.25, 0.3) is 0 Å². The van der Waals surface area contributed by atoms with Gasteiger partial charge in [-0.05, 0) is 43.2 Å². The first-order valence-corrected chi connectivity index (χ1v) is 9.74. The summed E-state index contributed by atoms with van der Waals surface area (Å²) in [7, 11) is 0. The summed E-state index contributed by atoms with van der Waals surface area (Å²) in [5, 5.41) is 3.87. The smallest absolute Gasteiger partial charge is 0.254 e. The van der Waals surface area contributed by atoms with E-state index in [2.05, 4.69) is 15.3 Å². The molecule has 2 heterocycles. The Morgan fingerprint density at radius 1 is 1.18 bits per heavy atom. The van der Waals surface area contributed by atoms with Crippen molar-refractivity contribution in [3.8, 4) is 0 Å². The number of thiazole rings is 1. The number of Topliss-reactive ketones (excluding diaryl/α,β-unsaturated/α-hetero) is 1. The lowest BCUT2D eigenvalue weighted by atomic mass is 10.1. The summed E-state index contributed by atoms with van der Waals surface area (Å²) >= 11 is 7.38. The number of hydrogen-bond donors (Lipinski definition) is 1. The molecule has 0 atom stereocenters. The van der Waals surface area contributed by atoms with E-state index in [1.165, 1.54) is 18.3 Å². The fraction of sp³-hybridized carbons (Fsp3) is 0.200. The minimum absolute atomic E-state index is 0.0531. The van der Waals surface area contributed by atoms with Gasteiger partial charge in [0.1, 0.15) is 11.5 Å². The lowest BCUT2D eigenvalue weighted by molar-refractivity contribution is 0.0944. The van der Waals surface area contributed by atoms with Gasteiger partial charge in [0.25, 0.3) is 5.91 Å². The van der Waals surface area contributed by atoms with Crippen molar-refractivity contribution in [3.05, 3.63) is 80.3 Å². The van der Waals surface area contributed by atoms with Crippen LogP contribution in [0.2, 0.25) is 5.02 Å². The molecular formula is C20H17ClFN3O2S. The molecule has 0 aliphatic carbocycles. The van der Waals surface area contributed by atoms with Crippen LogP contribution in [0.3, 0.4) is 0 Å². The van der Waals surface area contributed by atoms with Crippen LogP contribution in [0.5, 0.6) is 0 Å². The quantitative estimate of drug-likeness (QED) is 0.579. The van der Waals surface area contributed by atoms with Gasteiger partial charge in [0.15, 0.2) is 5.78 Å². The number of aromatic nitrogens is 2. The Morgan fingerprint density at radius 2 is 2.00 bits per heavy atom. The van der Waals surface area contributed by atoms with Crippen molar-refractivity contribution in [2.75, 3.05) is 0 Å². The van der Waals surface area contributed by atoms with Gasteiger partial charge in [0, 0.05) is 35.3 Å². The third kappa shape index (κ3) is 5.21. The minimum atomic E-state index is -0.642. The normalized spacial score (nSPS) is 10.7. The van der Waals surface area contributed by atoms with Crippen LogP contribution >= 0.6 is 22.9 Å². The fourth-order valence-corrected chi connectivity index (χ4v) is 3.50. The summed E-state index contributed by atoms with van der Waals surface area (Å²) in [6.45, 7) is 2.09. The van der Waals surface area contributed by atoms with Crippen LogP contribution < -0.4 is 5.32 Å². The van der Waals surface area contributed by atoms with E-state index in [0.717, 1.165) is 16.0 Å². The molecular weight excluding hydrogens is 401 g/mol. The second-order valence-corrected chi connectivity index (χ2v) is 7.88. The van der Waals surface area contributed by atoms with Gasteiger partial charge in [-0.15, -0.1) is 11.3 Å². The zero-order valence-electron chi connectivity index (χ0n) is 15.0. The van der Waals surface area contributed by atoms with E-state index in [-0.39, 0.29) is 22.9 Å². The van der Waals surface area contributed by atoms with E-state index >= 15 is 0 Å². The highest BCUT2D eigenvalue weighted by Gasteiger charge is 2.13. The molecule has 2 aromatic heterocycles. The predicted molar refractivity (Wildman–Crippen MR) is 106 cm³/mol. The predicted octanol–water partition coefficient (Wildman–Crippen LogP) is 4.38. The molecule has 1 N–H and O–H groups in total. The number of ketones is 1. The Hall–Kier alpha value is -2.64. The molecule has 28 heavy (non-hydrogen) atoms. The third-order valence-corrected chi connectivity index (χ3v) is 5.21. The average molecular weight is 418 g/mol. The topological polar surface area (TPSA) is 72.0 Å². The van der Waals surface area contributed by atoms with Crippen molar-refractivity contribution in [1.82, 2.24) is 15.3 Å². The van der Waals surface area contributed by atoms with Gasteiger partial charge in [-0.2, -0.15) is 0 Å². The number of nitrogens with zero attached hydrogens (tertiary/aromatic N) is 2. The van der Waals surface area contributed by atoms with Gasteiger partial charge >= 0.3 is 0 Å². The Bertz CT molecular complexity index is 1000. The third-order valence-electron chi connectivity index (χ3n) is 4.00. The first kappa shape index (κ1) is 20.1. The van der Waals surface area contributed by atoms with Gasteiger partial charge in [-0.1, -0.05) is 17.7 Å². The largest absolute Gasteiger partial charge is 0.348 e. The maximum absolute atomic E-state index is 13.7. The van der Waals surface area contributed by atoms with Gasteiger partial charge < -0.3 is 5.32 Å². The SMILES string of the molecule is Cc1ncc(CCC(=O)c2ccc(CNC(=O)c3cc(Cl)ccc3F)cn2)s1. The first-order chi connectivity index (χ1) is 13.4. The first-order valence-electron chi connectivity index (χ1n) is 8.55. The number of aryl methyl sites for hydroxylation is 2. The summed E-state index contributed by atoms with van der Waals surface area (Å²) in [4.78, 5) is 33.8. The molecule has 0 saturated carbocycles. The zero-order valence-corrected chi connectivity index (χ0v) is 16.6. The van der Waals surface area contributed by atoms with Crippen LogP contribution in [0, 0.1) is 12.7 Å². The Kier molecular flexibility index (Phi) is 6.49. The number of nitrogens with one attached hydrogen (secondary N) is 1. The molecule has 0 aliphatic heterocycles. The molecule has 0 bridgehead atoms. The van der Waals surface area contributed by atoms with Crippen molar-refractivity contribution < 1.29 is 14.0 Å². The molecule has 3 rings (SSSR count). The lowest BCUT2D eigenvalue weighted by Gasteiger charge is -2.07. The van der Waals surface area contributed by atoms with Gasteiger partial charge in [-0.25, -0.2) is 9.37 Å². The van der Waals surface area contributed by atoms with Crippen LogP contribution in [0.15, 0.2) is 42.7 Å². The van der Waals surface area contributed by atoms with Gasteiger partial charge in [0.2, 0.25) is 0 Å². The number of carbonyl (C=O) groups excluding carboxylic acids is 2. The standard InChI is InChI=1S/C20H17ClFN3O2S/c1-12-23-11-15(28-12)4-7-19(26)18-6-2-13(9-24-18)10-25-20(27)16-8-14(21)3-5-17(16)22/h2-3,5-6,8-9,11H,4,7,10H2,1H3,(H,25,27). The van der Waals surface area contributed by atoms with E-state index in [0.29, 0.717) is 24.1 Å². The number of pyridine rings is 1. The molecule has 5 nitrogen and oxygen atoms in total. The van der Waals surface area contributed by atoms with Crippen molar-refractivity contribution >= 4 is 34.6 Å². The number of amides is 1. The van der Waals surface area contributed by atoms with E-state index in [1.54, 1.807) is 29.7 Å². The molecule has 3 aromatic rings. The van der Waals surface area contributed by atoms with Crippen molar-refractivity contribution in [1.29, 1.82) is 0 Å². The highest BCUT2D eigenvalue weighted by Crippen LogP contribution is 2.16. The summed E-state index contributed by atoms with van der Waals surface area (Å²) in [6, 6.07) is 7.14. The summed E-state index contributed by atoms with van der Waals surface area (Å²) in [6.07, 6.45) is 4.31. The maximum Gasteiger partial charge on any atom is 0.254 e. The molecule has 0 unspecified atom stereocenters. The Morgan fingerprint density at radius 3 is 2.68 bits per heavy atom. The highest BCUT2D eigenvalue weighted by molar-refractivity contribution is 7.11. The Labute approximate surface area is 170 Å². The van der Waals surface area contributed by atoms with Crippen LogP contribution in [0.1, 0.15) is 42.7 Å². The number of hydrogen-bond acceptors (Lipinski definition) is 5. The number of benzene rings is 1.